The first-order chi connectivity index (χ1) is 7.79. The Kier molecular flexibility index (Phi) is 3.48. The van der Waals surface area contributed by atoms with Crippen LogP contribution in [0, 0.1) is 11.8 Å². The van der Waals surface area contributed by atoms with Crippen molar-refractivity contribution in [2.24, 2.45) is 5.73 Å². The number of unbranched alkanes of at least 4 members (excludes halogenated alkanes) is 1. The maximum absolute atomic E-state index is 5.64. The Labute approximate surface area is 96.8 Å². The number of hydrogen-bond acceptors (Lipinski definition) is 2. The zero-order valence-corrected chi connectivity index (χ0v) is 9.62. The molecule has 1 unspecified atom stereocenters. The molecule has 1 atom stereocenters. The third kappa shape index (κ3) is 2.56. The summed E-state index contributed by atoms with van der Waals surface area (Å²) >= 11 is 0. The van der Waals surface area contributed by atoms with Crippen LogP contribution >= 0.6 is 0 Å². The molecule has 1 aliphatic heterocycles. The predicted octanol–water partition coefficient (Wildman–Crippen LogP) is 2.10. The van der Waals surface area contributed by atoms with E-state index in [1.807, 2.05) is 12.1 Å². The number of benzene rings is 1. The molecule has 1 heterocycles. The van der Waals surface area contributed by atoms with Gasteiger partial charge in [-0.15, -0.1) is 0 Å². The van der Waals surface area contributed by atoms with Crippen molar-refractivity contribution in [1.29, 1.82) is 0 Å². The summed E-state index contributed by atoms with van der Waals surface area (Å²) < 4.78 is 5.64. The van der Waals surface area contributed by atoms with Gasteiger partial charge < -0.3 is 10.5 Å². The minimum Gasteiger partial charge on any atom is -0.490 e. The van der Waals surface area contributed by atoms with Crippen LogP contribution in [-0.2, 0) is 6.42 Å². The van der Waals surface area contributed by atoms with Crippen molar-refractivity contribution in [3.05, 3.63) is 29.3 Å². The van der Waals surface area contributed by atoms with E-state index in [1.54, 1.807) is 0 Å². The molecule has 0 fully saturated rings. The number of nitrogens with two attached hydrogens (primary N) is 1. The first kappa shape index (κ1) is 11.0. The van der Waals surface area contributed by atoms with Crippen LogP contribution in [0.25, 0.3) is 0 Å². The van der Waals surface area contributed by atoms with E-state index in [2.05, 4.69) is 24.8 Å². The molecule has 0 amide bonds. The quantitative estimate of drug-likeness (QED) is 0.605. The fraction of sp³-hybridized carbons (Fsp3) is 0.429. The van der Waals surface area contributed by atoms with Crippen LogP contribution in [0.3, 0.4) is 0 Å². The van der Waals surface area contributed by atoms with E-state index in [4.69, 9.17) is 10.5 Å². The average Bonchev–Trinajstić information content (AvgIpc) is 2.64. The zero-order chi connectivity index (χ0) is 11.4. The molecule has 1 aliphatic rings. The van der Waals surface area contributed by atoms with Crippen molar-refractivity contribution >= 4 is 0 Å². The summed E-state index contributed by atoms with van der Waals surface area (Å²) in [6, 6.07) is 6.17. The Morgan fingerprint density at radius 2 is 2.38 bits per heavy atom. The molecule has 1 aromatic rings. The van der Waals surface area contributed by atoms with Gasteiger partial charge in [-0.25, -0.2) is 0 Å². The molecule has 0 aromatic heterocycles. The van der Waals surface area contributed by atoms with Crippen LogP contribution in [0.2, 0.25) is 0 Å². The number of hydrogen-bond donors (Lipinski definition) is 1. The fourth-order valence-corrected chi connectivity index (χ4v) is 1.85. The maximum atomic E-state index is 5.64. The largest absolute Gasteiger partial charge is 0.490 e. The summed E-state index contributed by atoms with van der Waals surface area (Å²) in [6.07, 6.45) is 3.14. The molecule has 0 aliphatic carbocycles. The molecule has 2 nitrogen and oxygen atoms in total. The molecule has 1 aromatic carbocycles. The van der Waals surface area contributed by atoms with Crippen LogP contribution in [0.5, 0.6) is 5.75 Å². The SMILES string of the molecule is CC1Cc2cc(C#CCCCN)ccc2O1. The third-order valence-electron chi connectivity index (χ3n) is 2.63. The molecule has 0 spiro atoms. The Bertz CT molecular complexity index is 428. The Hall–Kier alpha value is -1.46. The summed E-state index contributed by atoms with van der Waals surface area (Å²) in [5.41, 5.74) is 7.77. The second-order valence-electron chi connectivity index (χ2n) is 4.15. The molecule has 0 bridgehead atoms. The van der Waals surface area contributed by atoms with Crippen molar-refractivity contribution in [2.45, 2.75) is 32.3 Å². The normalized spacial score (nSPS) is 17.2. The van der Waals surface area contributed by atoms with Crippen molar-refractivity contribution in [1.82, 2.24) is 0 Å². The molecule has 0 radical (unpaired) electrons. The molecule has 84 valence electrons. The van der Waals surface area contributed by atoms with Gasteiger partial charge in [0.05, 0.1) is 0 Å². The van der Waals surface area contributed by atoms with Crippen LogP contribution < -0.4 is 10.5 Å². The lowest BCUT2D eigenvalue weighted by Crippen LogP contribution is -2.05. The highest BCUT2D eigenvalue weighted by Gasteiger charge is 2.18. The van der Waals surface area contributed by atoms with Gasteiger partial charge in [-0.3, -0.25) is 0 Å². The highest BCUT2D eigenvalue weighted by atomic mass is 16.5. The standard InChI is InChI=1S/C14H17NO/c1-11-9-13-10-12(5-3-2-4-8-15)6-7-14(13)16-11/h6-7,10-11H,2,4,8-9,15H2,1H3. The van der Waals surface area contributed by atoms with Crippen molar-refractivity contribution in [3.8, 4) is 17.6 Å². The summed E-state index contributed by atoms with van der Waals surface area (Å²) in [7, 11) is 0. The second kappa shape index (κ2) is 5.05. The van der Waals surface area contributed by atoms with Crippen molar-refractivity contribution < 1.29 is 4.74 Å². The summed E-state index contributed by atoms with van der Waals surface area (Å²) in [5.74, 6) is 7.31. The Balaban J connectivity index is 2.07. The highest BCUT2D eigenvalue weighted by Crippen LogP contribution is 2.28. The predicted molar refractivity (Wildman–Crippen MR) is 65.4 cm³/mol. The highest BCUT2D eigenvalue weighted by molar-refractivity contribution is 5.46. The third-order valence-corrected chi connectivity index (χ3v) is 2.63. The average molecular weight is 215 g/mol. The molecular weight excluding hydrogens is 198 g/mol. The van der Waals surface area contributed by atoms with Gasteiger partial charge in [-0.2, -0.15) is 0 Å². The van der Waals surface area contributed by atoms with Crippen molar-refractivity contribution in [3.63, 3.8) is 0 Å². The topological polar surface area (TPSA) is 35.2 Å². The minimum atomic E-state index is 0.301. The van der Waals surface area contributed by atoms with E-state index in [-0.39, 0.29) is 0 Å². The first-order valence-corrected chi connectivity index (χ1v) is 5.78. The van der Waals surface area contributed by atoms with E-state index >= 15 is 0 Å². The summed E-state index contributed by atoms with van der Waals surface area (Å²) in [6.45, 7) is 2.80. The van der Waals surface area contributed by atoms with Crippen LogP contribution in [0.15, 0.2) is 18.2 Å². The zero-order valence-electron chi connectivity index (χ0n) is 9.62. The van der Waals surface area contributed by atoms with E-state index in [1.165, 1.54) is 5.56 Å². The lowest BCUT2D eigenvalue weighted by Gasteiger charge is -2.01. The Morgan fingerprint density at radius 3 is 3.19 bits per heavy atom. The van der Waals surface area contributed by atoms with Crippen LogP contribution in [-0.4, -0.2) is 12.6 Å². The van der Waals surface area contributed by atoms with Crippen molar-refractivity contribution in [2.75, 3.05) is 6.54 Å². The van der Waals surface area contributed by atoms with Gasteiger partial charge in [-0.1, -0.05) is 11.8 Å². The van der Waals surface area contributed by atoms with Gasteiger partial charge in [0.25, 0.3) is 0 Å². The van der Waals surface area contributed by atoms with Gasteiger partial charge in [0.2, 0.25) is 0 Å². The van der Waals surface area contributed by atoms with Gasteiger partial charge in [0.15, 0.2) is 0 Å². The Morgan fingerprint density at radius 1 is 1.50 bits per heavy atom. The van der Waals surface area contributed by atoms with Crippen LogP contribution in [0.4, 0.5) is 0 Å². The summed E-state index contributed by atoms with van der Waals surface area (Å²) in [4.78, 5) is 0. The molecule has 2 N–H and O–H groups in total. The van der Waals surface area contributed by atoms with E-state index < -0.39 is 0 Å². The van der Waals surface area contributed by atoms with Gasteiger partial charge in [0.1, 0.15) is 11.9 Å². The van der Waals surface area contributed by atoms with Crippen LogP contribution in [0.1, 0.15) is 30.9 Å². The first-order valence-electron chi connectivity index (χ1n) is 5.78. The van der Waals surface area contributed by atoms with Gasteiger partial charge in [0, 0.05) is 18.4 Å². The molecule has 0 saturated heterocycles. The van der Waals surface area contributed by atoms with Gasteiger partial charge >= 0.3 is 0 Å². The second-order valence-corrected chi connectivity index (χ2v) is 4.15. The van der Waals surface area contributed by atoms with E-state index in [9.17, 15) is 0 Å². The molecular formula is C14H17NO. The van der Waals surface area contributed by atoms with Gasteiger partial charge in [-0.05, 0) is 43.7 Å². The summed E-state index contributed by atoms with van der Waals surface area (Å²) in [5, 5.41) is 0. The molecule has 2 rings (SSSR count). The number of ether oxygens (including phenoxy) is 1. The van der Waals surface area contributed by atoms with E-state index in [0.717, 1.165) is 30.6 Å². The number of fused-ring (bicyclic) bond motifs is 1. The van der Waals surface area contributed by atoms with E-state index in [0.29, 0.717) is 12.6 Å². The minimum absolute atomic E-state index is 0.301. The maximum Gasteiger partial charge on any atom is 0.123 e. The smallest absolute Gasteiger partial charge is 0.123 e. The monoisotopic (exact) mass is 215 g/mol. The fourth-order valence-electron chi connectivity index (χ4n) is 1.85. The number of rotatable bonds is 2. The molecule has 2 heteroatoms. The lowest BCUT2D eigenvalue weighted by molar-refractivity contribution is 0.254. The lowest BCUT2D eigenvalue weighted by atomic mass is 10.1. The molecule has 16 heavy (non-hydrogen) atoms. The molecule has 0 saturated carbocycles.